The number of halogens is 1. The van der Waals surface area contributed by atoms with Gasteiger partial charge in [-0.25, -0.2) is 22.8 Å². The highest BCUT2D eigenvalue weighted by Gasteiger charge is 2.39. The fourth-order valence-corrected chi connectivity index (χ4v) is 6.70. The Morgan fingerprint density at radius 2 is 1.84 bits per heavy atom. The molecule has 13 heteroatoms. The second-order valence-corrected chi connectivity index (χ2v) is 12.0. The normalized spacial score (nSPS) is 16.3. The van der Waals surface area contributed by atoms with E-state index in [1.807, 2.05) is 36.4 Å². The molecule has 0 saturated carbocycles. The number of hydrogen-bond donors (Lipinski definition) is 2. The predicted molar refractivity (Wildman–Crippen MR) is 155 cm³/mol. The van der Waals surface area contributed by atoms with Crippen LogP contribution >= 0.6 is 0 Å². The Kier molecular flexibility index (Phi) is 8.16. The summed E-state index contributed by atoms with van der Waals surface area (Å²) in [6.07, 6.45) is 3.30. The van der Waals surface area contributed by atoms with Crippen molar-refractivity contribution in [3.63, 3.8) is 0 Å². The van der Waals surface area contributed by atoms with Crippen LogP contribution in [0.3, 0.4) is 0 Å². The van der Waals surface area contributed by atoms with E-state index in [1.165, 1.54) is 16.4 Å². The Balaban J connectivity index is 1.19. The highest BCUT2D eigenvalue weighted by molar-refractivity contribution is 7.89. The van der Waals surface area contributed by atoms with Crippen LogP contribution in [0.4, 0.5) is 10.3 Å². The van der Waals surface area contributed by atoms with Gasteiger partial charge in [-0.05, 0) is 73.5 Å². The number of hydrogen-bond acceptors (Lipinski definition) is 9. The van der Waals surface area contributed by atoms with Crippen molar-refractivity contribution >= 4 is 21.9 Å². The first-order valence-corrected chi connectivity index (χ1v) is 15.3. The van der Waals surface area contributed by atoms with E-state index in [2.05, 4.69) is 25.6 Å². The van der Waals surface area contributed by atoms with Crippen LogP contribution in [0.15, 0.2) is 77.8 Å². The molecule has 1 amide bonds. The number of anilines is 1. The molecule has 1 atom stereocenters. The van der Waals surface area contributed by atoms with Crippen molar-refractivity contribution in [3.05, 3.63) is 90.1 Å². The maximum absolute atomic E-state index is 13.4. The minimum absolute atomic E-state index is 0.0504. The van der Waals surface area contributed by atoms with Gasteiger partial charge >= 0.3 is 0 Å². The molecule has 222 valence electrons. The van der Waals surface area contributed by atoms with Gasteiger partial charge in [0.05, 0.1) is 22.8 Å². The number of carbonyl (C=O) groups is 1. The molecule has 1 saturated heterocycles. The zero-order valence-corrected chi connectivity index (χ0v) is 23.9. The Morgan fingerprint density at radius 3 is 2.65 bits per heavy atom. The van der Waals surface area contributed by atoms with Crippen molar-refractivity contribution in [2.75, 3.05) is 25.2 Å². The lowest BCUT2D eigenvalue weighted by Crippen LogP contribution is -2.45. The lowest BCUT2D eigenvalue weighted by molar-refractivity contribution is -0.124. The average molecular weight is 605 g/mol. The molecule has 11 nitrogen and oxygen atoms in total. The maximum Gasteiger partial charge on any atom is 0.243 e. The highest BCUT2D eigenvalue weighted by Crippen LogP contribution is 2.35. The Labute approximate surface area is 248 Å². The van der Waals surface area contributed by atoms with Crippen LogP contribution in [-0.2, 0) is 27.8 Å². The number of carbonyl (C=O) groups excluding carboxylic acids is 1. The first kappa shape index (κ1) is 28.5. The second kappa shape index (κ2) is 12.3. The van der Waals surface area contributed by atoms with Gasteiger partial charge in [-0.15, -0.1) is 0 Å². The molecule has 2 aromatic carbocycles. The van der Waals surface area contributed by atoms with Crippen LogP contribution in [-0.4, -0.2) is 59.5 Å². The molecular formula is C30H29FN6O5S. The number of fused-ring (bicyclic) bond motifs is 1. The van der Waals surface area contributed by atoms with Crippen molar-refractivity contribution in [3.8, 4) is 22.8 Å². The van der Waals surface area contributed by atoms with E-state index in [0.717, 1.165) is 23.4 Å². The van der Waals surface area contributed by atoms with E-state index < -0.39 is 27.8 Å². The Hall–Kier alpha value is -4.62. The zero-order valence-electron chi connectivity index (χ0n) is 23.1. The minimum atomic E-state index is -3.98. The van der Waals surface area contributed by atoms with Crippen molar-refractivity contribution in [2.45, 2.75) is 36.7 Å². The van der Waals surface area contributed by atoms with Gasteiger partial charge < -0.3 is 20.1 Å². The van der Waals surface area contributed by atoms with Gasteiger partial charge in [0, 0.05) is 37.0 Å². The fraction of sp³-hybridized carbons (Fsp3) is 0.267. The third-order valence-corrected chi connectivity index (χ3v) is 9.13. The van der Waals surface area contributed by atoms with E-state index in [-0.39, 0.29) is 24.8 Å². The molecular weight excluding hydrogens is 575 g/mol. The molecule has 0 spiro atoms. The summed E-state index contributed by atoms with van der Waals surface area (Å²) in [5, 5.41) is 6.10. The molecule has 0 bridgehead atoms. The van der Waals surface area contributed by atoms with Gasteiger partial charge in [0.1, 0.15) is 11.9 Å². The van der Waals surface area contributed by atoms with Crippen molar-refractivity contribution < 1.29 is 27.1 Å². The molecule has 0 aliphatic carbocycles. The largest absolute Gasteiger partial charge is 0.454 e. The third kappa shape index (κ3) is 6.42. The molecule has 2 aliphatic heterocycles. The highest BCUT2D eigenvalue weighted by atomic mass is 32.2. The number of sulfonamides is 1. The summed E-state index contributed by atoms with van der Waals surface area (Å²) >= 11 is 0. The minimum Gasteiger partial charge on any atom is -0.454 e. The van der Waals surface area contributed by atoms with E-state index in [0.29, 0.717) is 54.6 Å². The van der Waals surface area contributed by atoms with Crippen molar-refractivity contribution in [1.82, 2.24) is 24.6 Å². The summed E-state index contributed by atoms with van der Waals surface area (Å²) in [6.45, 7) is 0.930. The first-order chi connectivity index (χ1) is 20.9. The SMILES string of the molecule is O=C(NCc1cc(-c2ccc3c(c2)OCO3)nc(NCCc2ccccn2)n1)[C@@H]1CCCN1S(=O)(=O)c1ccc(F)cc1. The molecule has 4 aromatic rings. The maximum atomic E-state index is 13.4. The number of nitrogens with one attached hydrogen (secondary N) is 2. The molecule has 4 heterocycles. The Bertz CT molecular complexity index is 1720. The van der Waals surface area contributed by atoms with Gasteiger partial charge in [0.15, 0.2) is 11.5 Å². The van der Waals surface area contributed by atoms with E-state index in [4.69, 9.17) is 9.47 Å². The molecule has 0 radical (unpaired) electrons. The average Bonchev–Trinajstić information content (AvgIpc) is 3.71. The number of amides is 1. The lowest BCUT2D eigenvalue weighted by atomic mass is 10.1. The Morgan fingerprint density at radius 1 is 1.00 bits per heavy atom. The van der Waals surface area contributed by atoms with Crippen LogP contribution in [0.25, 0.3) is 11.3 Å². The summed E-state index contributed by atoms with van der Waals surface area (Å²) in [5.74, 6) is 0.660. The molecule has 2 aliphatic rings. The van der Waals surface area contributed by atoms with E-state index in [1.54, 1.807) is 12.3 Å². The summed E-state index contributed by atoms with van der Waals surface area (Å²) in [7, 11) is -3.98. The molecule has 2 aromatic heterocycles. The standard InChI is InChI=1S/C30H29FN6O5S/c31-21-7-9-24(10-8-21)43(39,40)37-15-3-5-26(37)29(38)34-18-23-17-25(20-6-11-27-28(16-20)42-19-41-27)36-30(35-23)33-14-12-22-4-1-2-13-32-22/h1-2,4,6-11,13,16-17,26H,3,5,12,14-15,18-19H2,(H,34,38)(H,33,35,36)/t26-/m0/s1. The van der Waals surface area contributed by atoms with Crippen LogP contribution in [0.2, 0.25) is 0 Å². The van der Waals surface area contributed by atoms with Crippen molar-refractivity contribution in [2.24, 2.45) is 0 Å². The van der Waals surface area contributed by atoms with Crippen LogP contribution < -0.4 is 20.1 Å². The van der Waals surface area contributed by atoms with Gasteiger partial charge in [-0.3, -0.25) is 9.78 Å². The number of nitrogens with zero attached hydrogens (tertiary/aromatic N) is 4. The second-order valence-electron chi connectivity index (χ2n) is 10.1. The zero-order chi connectivity index (χ0) is 29.8. The number of pyridine rings is 1. The molecule has 1 fully saturated rings. The fourth-order valence-electron chi connectivity index (χ4n) is 5.05. The number of aromatic nitrogens is 3. The van der Waals surface area contributed by atoms with Crippen LogP contribution in [0.1, 0.15) is 24.2 Å². The van der Waals surface area contributed by atoms with Crippen LogP contribution in [0, 0.1) is 5.82 Å². The molecule has 6 rings (SSSR count). The summed E-state index contributed by atoms with van der Waals surface area (Å²) in [6, 6.07) is 16.7. The molecule has 43 heavy (non-hydrogen) atoms. The summed E-state index contributed by atoms with van der Waals surface area (Å²) < 4.78 is 52.0. The van der Waals surface area contributed by atoms with Crippen molar-refractivity contribution in [1.29, 1.82) is 0 Å². The quantitative estimate of drug-likeness (QED) is 0.279. The number of rotatable bonds is 10. The summed E-state index contributed by atoms with van der Waals surface area (Å²) in [4.78, 5) is 26.9. The third-order valence-electron chi connectivity index (χ3n) is 7.21. The predicted octanol–water partition coefficient (Wildman–Crippen LogP) is 3.53. The smallest absolute Gasteiger partial charge is 0.243 e. The molecule has 2 N–H and O–H groups in total. The topological polar surface area (TPSA) is 136 Å². The van der Waals surface area contributed by atoms with Gasteiger partial charge in [0.2, 0.25) is 28.7 Å². The first-order valence-electron chi connectivity index (χ1n) is 13.8. The monoisotopic (exact) mass is 604 g/mol. The van der Waals surface area contributed by atoms with Gasteiger partial charge in [-0.1, -0.05) is 6.07 Å². The number of benzene rings is 2. The van der Waals surface area contributed by atoms with Gasteiger partial charge in [0.25, 0.3) is 0 Å². The summed E-state index contributed by atoms with van der Waals surface area (Å²) in [5.41, 5.74) is 2.84. The van der Waals surface area contributed by atoms with Gasteiger partial charge in [-0.2, -0.15) is 4.31 Å². The van der Waals surface area contributed by atoms with Crippen LogP contribution in [0.5, 0.6) is 11.5 Å². The van der Waals surface area contributed by atoms with E-state index in [9.17, 15) is 17.6 Å². The van der Waals surface area contributed by atoms with E-state index >= 15 is 0 Å². The molecule has 0 unspecified atom stereocenters. The lowest BCUT2D eigenvalue weighted by Gasteiger charge is -2.23. The number of ether oxygens (including phenoxy) is 2.